The lowest BCUT2D eigenvalue weighted by atomic mass is 10.2. The van der Waals surface area contributed by atoms with Crippen LogP contribution in [0.2, 0.25) is 0 Å². The molecule has 1 atom stereocenters. The number of aliphatic hydroxyl groups excluding tert-OH is 1. The SMILES string of the molecule is CC(CN)NCCCCCCO. The van der Waals surface area contributed by atoms with Crippen LogP contribution in [-0.2, 0) is 0 Å². The average molecular weight is 174 g/mol. The van der Waals surface area contributed by atoms with Gasteiger partial charge in [0.05, 0.1) is 0 Å². The van der Waals surface area contributed by atoms with Gasteiger partial charge in [-0.15, -0.1) is 0 Å². The van der Waals surface area contributed by atoms with Crippen LogP contribution in [0.5, 0.6) is 0 Å². The summed E-state index contributed by atoms with van der Waals surface area (Å²) >= 11 is 0. The fourth-order valence-corrected chi connectivity index (χ4v) is 1.02. The van der Waals surface area contributed by atoms with Crippen molar-refractivity contribution in [2.45, 2.75) is 38.6 Å². The molecule has 3 heteroatoms. The van der Waals surface area contributed by atoms with E-state index < -0.39 is 0 Å². The number of aliphatic hydroxyl groups is 1. The molecule has 0 fully saturated rings. The van der Waals surface area contributed by atoms with Crippen LogP contribution in [0.1, 0.15) is 32.6 Å². The van der Waals surface area contributed by atoms with Crippen LogP contribution in [0.4, 0.5) is 0 Å². The van der Waals surface area contributed by atoms with Gasteiger partial charge in [-0.1, -0.05) is 12.8 Å². The second-order valence-electron chi connectivity index (χ2n) is 3.23. The lowest BCUT2D eigenvalue weighted by molar-refractivity contribution is 0.282. The second-order valence-corrected chi connectivity index (χ2v) is 3.23. The largest absolute Gasteiger partial charge is 0.396 e. The van der Waals surface area contributed by atoms with Crippen molar-refractivity contribution in [3.63, 3.8) is 0 Å². The molecular formula is C9H22N2O. The molecule has 74 valence electrons. The first kappa shape index (κ1) is 11.9. The third-order valence-electron chi connectivity index (χ3n) is 1.93. The van der Waals surface area contributed by atoms with E-state index in [0.717, 1.165) is 19.4 Å². The van der Waals surface area contributed by atoms with E-state index in [4.69, 9.17) is 10.8 Å². The van der Waals surface area contributed by atoms with Gasteiger partial charge in [-0.25, -0.2) is 0 Å². The van der Waals surface area contributed by atoms with Crippen molar-refractivity contribution in [2.75, 3.05) is 19.7 Å². The Balaban J connectivity index is 2.90. The Morgan fingerprint density at radius 3 is 2.50 bits per heavy atom. The second kappa shape index (κ2) is 8.97. The smallest absolute Gasteiger partial charge is 0.0431 e. The zero-order valence-corrected chi connectivity index (χ0v) is 8.05. The molecule has 0 aromatic heterocycles. The zero-order chi connectivity index (χ0) is 9.23. The van der Waals surface area contributed by atoms with Crippen LogP contribution in [-0.4, -0.2) is 30.8 Å². The molecule has 0 heterocycles. The van der Waals surface area contributed by atoms with E-state index in [1.165, 1.54) is 12.8 Å². The van der Waals surface area contributed by atoms with E-state index in [2.05, 4.69) is 12.2 Å². The van der Waals surface area contributed by atoms with Crippen LogP contribution in [0.15, 0.2) is 0 Å². The molecule has 0 spiro atoms. The molecule has 0 aliphatic rings. The molecule has 0 aromatic carbocycles. The van der Waals surface area contributed by atoms with E-state index in [-0.39, 0.29) is 0 Å². The predicted octanol–water partition coefficient (Wildman–Crippen LogP) is 0.476. The van der Waals surface area contributed by atoms with Crippen LogP contribution in [0.3, 0.4) is 0 Å². The van der Waals surface area contributed by atoms with Gasteiger partial charge in [0.25, 0.3) is 0 Å². The van der Waals surface area contributed by atoms with Crippen molar-refractivity contribution >= 4 is 0 Å². The number of nitrogens with two attached hydrogens (primary N) is 1. The first-order valence-corrected chi connectivity index (χ1v) is 4.85. The van der Waals surface area contributed by atoms with Gasteiger partial charge >= 0.3 is 0 Å². The molecule has 0 bridgehead atoms. The molecule has 0 aliphatic carbocycles. The molecule has 0 rings (SSSR count). The number of nitrogens with one attached hydrogen (secondary N) is 1. The van der Waals surface area contributed by atoms with Crippen molar-refractivity contribution in [3.8, 4) is 0 Å². The van der Waals surface area contributed by atoms with Gasteiger partial charge in [-0.3, -0.25) is 0 Å². The Labute approximate surface area is 75.3 Å². The summed E-state index contributed by atoms with van der Waals surface area (Å²) in [5.74, 6) is 0. The molecule has 0 aliphatic heterocycles. The van der Waals surface area contributed by atoms with Crippen LogP contribution < -0.4 is 11.1 Å². The minimum absolute atomic E-state index is 0.326. The highest BCUT2D eigenvalue weighted by atomic mass is 16.2. The molecule has 0 saturated heterocycles. The fraction of sp³-hybridized carbons (Fsp3) is 1.00. The Bertz CT molecular complexity index is 88.6. The minimum atomic E-state index is 0.326. The maximum absolute atomic E-state index is 8.52. The number of hydrogen-bond acceptors (Lipinski definition) is 3. The standard InChI is InChI=1S/C9H22N2O/c1-9(8-10)11-6-4-2-3-5-7-12/h9,11-12H,2-8,10H2,1H3. The Kier molecular flexibility index (Phi) is 8.88. The normalized spacial score (nSPS) is 13.2. The van der Waals surface area contributed by atoms with E-state index in [0.29, 0.717) is 19.2 Å². The van der Waals surface area contributed by atoms with Gasteiger partial charge in [0, 0.05) is 19.2 Å². The first-order chi connectivity index (χ1) is 5.81. The maximum Gasteiger partial charge on any atom is 0.0431 e. The minimum Gasteiger partial charge on any atom is -0.396 e. The monoisotopic (exact) mass is 174 g/mol. The quantitative estimate of drug-likeness (QED) is 0.469. The lowest BCUT2D eigenvalue weighted by Gasteiger charge is -2.10. The summed E-state index contributed by atoms with van der Waals surface area (Å²) in [4.78, 5) is 0. The van der Waals surface area contributed by atoms with Crippen LogP contribution in [0, 0.1) is 0 Å². The molecule has 4 N–H and O–H groups in total. The third-order valence-corrected chi connectivity index (χ3v) is 1.93. The van der Waals surface area contributed by atoms with E-state index >= 15 is 0 Å². The van der Waals surface area contributed by atoms with Gasteiger partial charge in [-0.2, -0.15) is 0 Å². The van der Waals surface area contributed by atoms with E-state index in [9.17, 15) is 0 Å². The highest BCUT2D eigenvalue weighted by molar-refractivity contribution is 4.59. The highest BCUT2D eigenvalue weighted by Gasteiger charge is 1.95. The number of hydrogen-bond donors (Lipinski definition) is 3. The summed E-state index contributed by atoms with van der Waals surface area (Å²) in [6.07, 6.45) is 4.46. The number of unbranched alkanes of at least 4 members (excludes halogenated alkanes) is 3. The van der Waals surface area contributed by atoms with Crippen molar-refractivity contribution in [2.24, 2.45) is 5.73 Å². The fourth-order valence-electron chi connectivity index (χ4n) is 1.02. The third kappa shape index (κ3) is 7.98. The molecule has 0 aromatic rings. The van der Waals surface area contributed by atoms with Gasteiger partial charge in [0.2, 0.25) is 0 Å². The first-order valence-electron chi connectivity index (χ1n) is 4.85. The van der Waals surface area contributed by atoms with Gasteiger partial charge in [0.1, 0.15) is 0 Å². The molecule has 1 unspecified atom stereocenters. The highest BCUT2D eigenvalue weighted by Crippen LogP contribution is 1.97. The van der Waals surface area contributed by atoms with Crippen LogP contribution in [0.25, 0.3) is 0 Å². The molecule has 0 radical (unpaired) electrons. The molecule has 3 nitrogen and oxygen atoms in total. The van der Waals surface area contributed by atoms with E-state index in [1.54, 1.807) is 0 Å². The molecule has 0 amide bonds. The lowest BCUT2D eigenvalue weighted by Crippen LogP contribution is -2.33. The molecular weight excluding hydrogens is 152 g/mol. The Morgan fingerprint density at radius 2 is 1.92 bits per heavy atom. The van der Waals surface area contributed by atoms with Crippen molar-refractivity contribution < 1.29 is 5.11 Å². The molecule has 0 saturated carbocycles. The van der Waals surface area contributed by atoms with Gasteiger partial charge < -0.3 is 16.2 Å². The van der Waals surface area contributed by atoms with Crippen molar-refractivity contribution in [1.29, 1.82) is 0 Å². The van der Waals surface area contributed by atoms with Crippen molar-refractivity contribution in [3.05, 3.63) is 0 Å². The van der Waals surface area contributed by atoms with Crippen LogP contribution >= 0.6 is 0 Å². The van der Waals surface area contributed by atoms with Crippen molar-refractivity contribution in [1.82, 2.24) is 5.32 Å². The zero-order valence-electron chi connectivity index (χ0n) is 8.05. The summed E-state index contributed by atoms with van der Waals surface area (Å²) in [6, 6.07) is 0.433. The molecule has 12 heavy (non-hydrogen) atoms. The summed E-state index contributed by atoms with van der Waals surface area (Å²) in [5, 5.41) is 11.8. The maximum atomic E-state index is 8.52. The number of rotatable bonds is 8. The van der Waals surface area contributed by atoms with E-state index in [1.807, 2.05) is 0 Å². The van der Waals surface area contributed by atoms with Gasteiger partial charge in [-0.05, 0) is 26.3 Å². The summed E-state index contributed by atoms with van der Waals surface area (Å²) < 4.78 is 0. The summed E-state index contributed by atoms with van der Waals surface area (Å²) in [6.45, 7) is 4.17. The average Bonchev–Trinajstić information content (AvgIpc) is 2.10. The Morgan fingerprint density at radius 1 is 1.25 bits per heavy atom. The predicted molar refractivity (Wildman–Crippen MR) is 52.1 cm³/mol. The summed E-state index contributed by atoms with van der Waals surface area (Å²) in [5.41, 5.74) is 5.44. The van der Waals surface area contributed by atoms with Gasteiger partial charge in [0.15, 0.2) is 0 Å². The Hall–Kier alpha value is -0.120. The summed E-state index contributed by atoms with van der Waals surface area (Å²) in [7, 11) is 0. The topological polar surface area (TPSA) is 58.3 Å².